The number of amides is 1. The number of pyridine rings is 1. The Bertz CT molecular complexity index is 1700. The van der Waals surface area contributed by atoms with Gasteiger partial charge in [-0.3, -0.25) is 14.5 Å². The number of carbonyl (C=O) groups is 1. The average Bonchev–Trinajstić information content (AvgIpc) is 3.41. The van der Waals surface area contributed by atoms with E-state index in [9.17, 15) is 9.00 Å². The summed E-state index contributed by atoms with van der Waals surface area (Å²) in [6.45, 7) is 7.71. The predicted molar refractivity (Wildman–Crippen MR) is 158 cm³/mol. The summed E-state index contributed by atoms with van der Waals surface area (Å²) >= 11 is 0. The normalized spacial score (nSPS) is 11.2. The number of benzene rings is 2. The van der Waals surface area contributed by atoms with Crippen LogP contribution in [0.4, 0.5) is 10.1 Å². The smallest absolute Gasteiger partial charge is 0.228 e. The molecule has 0 unspecified atom stereocenters. The molecule has 0 aliphatic rings. The maximum absolute atomic E-state index is 15.1. The number of hydrogen-bond acceptors (Lipinski definition) is 9. The Balaban J connectivity index is 0.000000720. The highest BCUT2D eigenvalue weighted by Gasteiger charge is 2.17. The van der Waals surface area contributed by atoms with Crippen molar-refractivity contribution in [3.05, 3.63) is 96.5 Å². The Kier molecular flexibility index (Phi) is 9.03. The minimum atomic E-state index is -1.93. The first kappa shape index (κ1) is 29.3. The minimum Gasteiger partial charge on any atom is -0.453 e. The first-order chi connectivity index (χ1) is 19.5. The number of hydrogen-bond donors (Lipinski definition) is 2. The molecule has 0 aliphatic carbocycles. The van der Waals surface area contributed by atoms with E-state index >= 15 is 4.39 Å². The van der Waals surface area contributed by atoms with E-state index in [0.717, 1.165) is 0 Å². The number of anilines is 1. The maximum atomic E-state index is 15.1. The molecule has 0 spiro atoms. The molecule has 0 saturated carbocycles. The molecular weight excluding hydrogens is 545 g/mol. The molecule has 0 bridgehead atoms. The third kappa shape index (κ3) is 7.70. The predicted octanol–water partition coefficient (Wildman–Crippen LogP) is 6.66. The van der Waals surface area contributed by atoms with Crippen LogP contribution >= 0.6 is 0 Å². The molecule has 10 nitrogen and oxygen atoms in total. The van der Waals surface area contributed by atoms with Gasteiger partial charge < -0.3 is 19.0 Å². The second kappa shape index (κ2) is 12.6. The molecule has 0 radical (unpaired) electrons. The fraction of sp³-hybridized carbons (Fsp3) is 0.207. The molecule has 0 atom stereocenters. The third-order valence-corrected chi connectivity index (χ3v) is 6.47. The lowest BCUT2D eigenvalue weighted by atomic mass is 10.1. The van der Waals surface area contributed by atoms with Gasteiger partial charge in [-0.1, -0.05) is 23.1 Å². The number of nitrogens with zero attached hydrogens (tertiary/aromatic N) is 5. The zero-order valence-electron chi connectivity index (χ0n) is 23.0. The van der Waals surface area contributed by atoms with Crippen molar-refractivity contribution in [3.63, 3.8) is 0 Å². The zero-order chi connectivity index (χ0) is 29.6. The molecule has 12 heteroatoms. The van der Waals surface area contributed by atoms with Crippen LogP contribution in [-0.2, 0) is 31.6 Å². The molecule has 2 aromatic carbocycles. The van der Waals surface area contributed by atoms with Crippen LogP contribution in [-0.4, -0.2) is 30.9 Å². The lowest BCUT2D eigenvalue weighted by molar-refractivity contribution is -0.115. The second-order valence-electron chi connectivity index (χ2n) is 10.1. The van der Waals surface area contributed by atoms with Crippen molar-refractivity contribution in [2.75, 3.05) is 5.32 Å². The van der Waals surface area contributed by atoms with Gasteiger partial charge in [0.2, 0.25) is 5.91 Å². The summed E-state index contributed by atoms with van der Waals surface area (Å²) in [5.41, 5.74) is 1.94. The van der Waals surface area contributed by atoms with Crippen molar-refractivity contribution in [3.8, 4) is 11.5 Å². The molecule has 216 valence electrons. The van der Waals surface area contributed by atoms with E-state index in [1.54, 1.807) is 66.7 Å². The first-order valence-electron chi connectivity index (χ1n) is 12.6. The monoisotopic (exact) mass is 578 g/mol. The van der Waals surface area contributed by atoms with Gasteiger partial charge in [0.15, 0.2) is 11.6 Å². The van der Waals surface area contributed by atoms with Crippen LogP contribution in [0.1, 0.15) is 34.8 Å². The number of ether oxygens (including phenoxy) is 1. The van der Waals surface area contributed by atoms with Crippen LogP contribution in [0.3, 0.4) is 0 Å². The van der Waals surface area contributed by atoms with E-state index in [-0.39, 0.29) is 26.5 Å². The van der Waals surface area contributed by atoms with Gasteiger partial charge >= 0.3 is 0 Å². The number of rotatable bonds is 6. The van der Waals surface area contributed by atoms with Gasteiger partial charge in [0.1, 0.15) is 5.75 Å². The number of aryl methyl sites for hydroxylation is 1. The minimum absolute atomic E-state index is 0. The van der Waals surface area contributed by atoms with Gasteiger partial charge in [0.25, 0.3) is 0 Å². The van der Waals surface area contributed by atoms with E-state index in [1.165, 1.54) is 12.3 Å². The summed E-state index contributed by atoms with van der Waals surface area (Å²) in [7, 11) is -1.93. The molecule has 5 aromatic rings. The van der Waals surface area contributed by atoms with E-state index in [4.69, 9.17) is 9.52 Å². The fourth-order valence-electron chi connectivity index (χ4n) is 3.85. The zero-order valence-corrected chi connectivity index (χ0v) is 23.8. The van der Waals surface area contributed by atoms with E-state index in [2.05, 4.69) is 25.6 Å². The highest BCUT2D eigenvalue weighted by atomic mass is 32.2. The van der Waals surface area contributed by atoms with E-state index < -0.39 is 16.4 Å². The number of carbonyl (C=O) groups excluding carboxylic acids is 1. The average molecular weight is 579 g/mol. The van der Waals surface area contributed by atoms with Crippen molar-refractivity contribution in [1.29, 1.82) is 4.78 Å². The largest absolute Gasteiger partial charge is 0.453 e. The summed E-state index contributed by atoms with van der Waals surface area (Å²) in [5, 5.41) is 14.6. The molecule has 0 saturated heterocycles. The Hall–Kier alpha value is -4.71. The Morgan fingerprint density at radius 1 is 1.12 bits per heavy atom. The Morgan fingerprint density at radius 3 is 2.44 bits per heavy atom. The van der Waals surface area contributed by atoms with Crippen LogP contribution in [0.2, 0.25) is 0 Å². The quantitative estimate of drug-likeness (QED) is 0.215. The van der Waals surface area contributed by atoms with E-state index in [1.807, 2.05) is 32.9 Å². The van der Waals surface area contributed by atoms with Crippen molar-refractivity contribution < 1.29 is 21.0 Å². The fourth-order valence-corrected chi connectivity index (χ4v) is 4.26. The summed E-state index contributed by atoms with van der Waals surface area (Å²) in [5.74, 6) is -0.559. The summed E-state index contributed by atoms with van der Waals surface area (Å²) in [4.78, 5) is 17.1. The summed E-state index contributed by atoms with van der Waals surface area (Å²) < 4.78 is 41.7. The lowest BCUT2D eigenvalue weighted by Gasteiger charge is -2.18. The van der Waals surface area contributed by atoms with Crippen LogP contribution in [0.5, 0.6) is 11.5 Å². The second-order valence-corrected chi connectivity index (χ2v) is 11.1. The molecule has 3 heterocycles. The highest BCUT2D eigenvalue weighted by Crippen LogP contribution is 2.34. The number of aromatic nitrogens is 5. The van der Waals surface area contributed by atoms with Gasteiger partial charge in [-0.2, -0.15) is 25.9 Å². The molecule has 5 rings (SSSR count). The molecule has 41 heavy (non-hydrogen) atoms. The Labute approximate surface area is 241 Å². The SMILES string of the molecule is Cc1cc(CC(=O)Nc2cnn(C(C)(C)C)c2)cc(F)c1Oc1ccnc2ccc([S-](=N)=O)cc12.[HH].[HH].c1ccnnc1. The van der Waals surface area contributed by atoms with Crippen molar-refractivity contribution in [1.82, 2.24) is 25.0 Å². The highest BCUT2D eigenvalue weighted by molar-refractivity contribution is 7.73. The van der Waals surface area contributed by atoms with Crippen LogP contribution < -0.4 is 10.1 Å². The number of nitrogens with one attached hydrogen (secondary N) is 2. The molecule has 3 aromatic heterocycles. The molecule has 0 fully saturated rings. The first-order valence-corrected chi connectivity index (χ1v) is 13.7. The van der Waals surface area contributed by atoms with Crippen molar-refractivity contribution in [2.45, 2.75) is 44.6 Å². The van der Waals surface area contributed by atoms with Crippen molar-refractivity contribution >= 4 is 33.1 Å². The van der Waals surface area contributed by atoms with Gasteiger partial charge in [0, 0.05) is 33.0 Å². The maximum Gasteiger partial charge on any atom is 0.228 e. The number of fused-ring (bicyclic) bond motifs is 1. The summed E-state index contributed by atoms with van der Waals surface area (Å²) in [6.07, 6.45) is 8.12. The number of halogens is 1. The standard InChI is InChI=1S/C25H25FN5O3S.C4H4N2.2H2/c1-15-9-16(11-23(32)30-17-13-29-31(14-17)25(2,3)4)10-20(26)24(15)34-22-7-8-28-21-6-5-18(35(27)33)12-19(21)22;1-2-4-6-5-3-1;;/h5-10,12-14,27H,11H2,1-4H3,(H,30,32);1-4H;2*1H/q-1;;;. The topological polar surface area (TPSA) is 136 Å². The Morgan fingerprint density at radius 2 is 1.85 bits per heavy atom. The van der Waals surface area contributed by atoms with Gasteiger partial charge in [-0.15, -0.1) is 0 Å². The van der Waals surface area contributed by atoms with Crippen LogP contribution in [0.25, 0.3) is 10.9 Å². The van der Waals surface area contributed by atoms with Crippen LogP contribution in [0.15, 0.2) is 84.4 Å². The van der Waals surface area contributed by atoms with Gasteiger partial charge in [-0.05, 0) is 69.2 Å². The van der Waals surface area contributed by atoms with Crippen molar-refractivity contribution in [2.24, 2.45) is 0 Å². The van der Waals surface area contributed by atoms with Gasteiger partial charge in [-0.25, -0.2) is 4.39 Å². The third-order valence-electron chi connectivity index (χ3n) is 5.79. The van der Waals surface area contributed by atoms with Gasteiger partial charge in [0.05, 0.1) is 29.4 Å². The van der Waals surface area contributed by atoms with E-state index in [0.29, 0.717) is 38.4 Å². The summed E-state index contributed by atoms with van der Waals surface area (Å²) in [6, 6.07) is 13.0. The lowest BCUT2D eigenvalue weighted by Crippen LogP contribution is -2.22. The molecular formula is C29H33FN7O3S-. The molecule has 0 aliphatic heterocycles. The molecule has 1 amide bonds. The molecule has 2 N–H and O–H groups in total. The van der Waals surface area contributed by atoms with Crippen LogP contribution in [0, 0.1) is 17.5 Å².